The smallest absolute Gasteiger partial charge is 0.290 e. The Morgan fingerprint density at radius 1 is 1.31 bits per heavy atom. The van der Waals surface area contributed by atoms with Crippen molar-refractivity contribution in [2.24, 2.45) is 0 Å². The van der Waals surface area contributed by atoms with Crippen LogP contribution in [0.4, 0.5) is 0 Å². The number of methoxy groups -OCH3 is 1. The van der Waals surface area contributed by atoms with Gasteiger partial charge in [0.05, 0.1) is 45.0 Å². The third-order valence-electron chi connectivity index (χ3n) is 5.02. The van der Waals surface area contributed by atoms with Crippen LogP contribution in [0.1, 0.15) is 18.5 Å². The number of aliphatic hydroxyl groups is 1. The summed E-state index contributed by atoms with van der Waals surface area (Å²) in [7, 11) is 1.58. The number of quaternary nitrogens is 1. The normalized spacial score (nSPS) is 21.4. The van der Waals surface area contributed by atoms with Gasteiger partial charge in [0.2, 0.25) is 0 Å². The second-order valence-electron chi connectivity index (χ2n) is 6.61. The molecule has 3 rings (SSSR count). The first-order valence-corrected chi connectivity index (χ1v) is 8.83. The van der Waals surface area contributed by atoms with Crippen LogP contribution in [0, 0.1) is 0 Å². The molecule has 1 saturated heterocycles. The highest BCUT2D eigenvalue weighted by atomic mass is 16.5. The predicted octanol–water partition coefficient (Wildman–Crippen LogP) is -0.105. The number of amides is 1. The second kappa shape index (κ2) is 7.88. The molecule has 2 aliphatic heterocycles. The fourth-order valence-corrected chi connectivity index (χ4v) is 3.57. The summed E-state index contributed by atoms with van der Waals surface area (Å²) in [5, 5.41) is 10.3. The first-order valence-electron chi connectivity index (χ1n) is 8.83. The Kier molecular flexibility index (Phi) is 5.58. The van der Waals surface area contributed by atoms with Crippen LogP contribution in [-0.2, 0) is 14.3 Å². The molecule has 1 fully saturated rings. The lowest BCUT2D eigenvalue weighted by Crippen LogP contribution is -3.14. The van der Waals surface area contributed by atoms with E-state index in [9.17, 15) is 14.7 Å². The van der Waals surface area contributed by atoms with Crippen molar-refractivity contribution >= 4 is 11.7 Å². The maximum Gasteiger partial charge on any atom is 0.290 e. The number of morpholine rings is 1. The monoisotopic (exact) mass is 361 g/mol. The standard InChI is InChI=1S/C19H24N2O5/c1-13(22)16-17(14-3-5-15(25-2)6-4-14)21(19(24)18(16)23)8-7-20-9-11-26-12-10-20/h3-6,17,23H,7-12H2,1-2H3/p+1/t17-/m0/s1. The number of nitrogens with one attached hydrogen (secondary N) is 1. The Bertz CT molecular complexity index is 707. The summed E-state index contributed by atoms with van der Waals surface area (Å²) in [6.45, 7) is 5.82. The third kappa shape index (κ3) is 3.59. The minimum absolute atomic E-state index is 0.164. The molecule has 1 aromatic carbocycles. The van der Waals surface area contributed by atoms with Crippen LogP contribution in [0.3, 0.4) is 0 Å². The molecule has 1 amide bonds. The number of carbonyl (C=O) groups is 2. The number of aliphatic hydroxyl groups excluding tert-OH is 1. The molecule has 1 aromatic rings. The molecular formula is C19H25N2O5+. The minimum atomic E-state index is -0.564. The number of benzene rings is 1. The maximum atomic E-state index is 12.6. The molecule has 1 atom stereocenters. The number of ether oxygens (including phenoxy) is 2. The van der Waals surface area contributed by atoms with Crippen molar-refractivity contribution in [2.75, 3.05) is 46.5 Å². The Labute approximate surface area is 152 Å². The topological polar surface area (TPSA) is 80.5 Å². The Balaban J connectivity index is 1.85. The molecule has 26 heavy (non-hydrogen) atoms. The summed E-state index contributed by atoms with van der Waals surface area (Å²) >= 11 is 0. The first kappa shape index (κ1) is 18.4. The van der Waals surface area contributed by atoms with Crippen LogP contribution in [0.5, 0.6) is 5.75 Å². The molecule has 0 bridgehead atoms. The molecule has 2 aliphatic rings. The van der Waals surface area contributed by atoms with Crippen LogP contribution in [0.25, 0.3) is 0 Å². The number of hydrogen-bond donors (Lipinski definition) is 2. The van der Waals surface area contributed by atoms with E-state index in [4.69, 9.17) is 9.47 Å². The summed E-state index contributed by atoms with van der Waals surface area (Å²) in [5.41, 5.74) is 0.947. The maximum absolute atomic E-state index is 12.6. The van der Waals surface area contributed by atoms with Crippen molar-refractivity contribution in [3.05, 3.63) is 41.2 Å². The fourth-order valence-electron chi connectivity index (χ4n) is 3.57. The lowest BCUT2D eigenvalue weighted by atomic mass is 9.96. The second-order valence-corrected chi connectivity index (χ2v) is 6.61. The van der Waals surface area contributed by atoms with Crippen LogP contribution in [0.15, 0.2) is 35.6 Å². The van der Waals surface area contributed by atoms with E-state index >= 15 is 0 Å². The molecule has 0 saturated carbocycles. The SMILES string of the molecule is COc1ccc([C@H]2C(C(C)=O)=C(O)C(=O)N2CC[NH+]2CCOCC2)cc1. The van der Waals surface area contributed by atoms with Crippen LogP contribution >= 0.6 is 0 Å². The van der Waals surface area contributed by atoms with E-state index in [1.807, 2.05) is 12.1 Å². The number of ketones is 1. The zero-order valence-corrected chi connectivity index (χ0v) is 15.2. The van der Waals surface area contributed by atoms with E-state index < -0.39 is 17.7 Å². The van der Waals surface area contributed by atoms with Gasteiger partial charge in [0.25, 0.3) is 5.91 Å². The number of Topliss-reactive ketones (excluding diaryl/α,β-unsaturated/α-hetero) is 1. The van der Waals surface area contributed by atoms with E-state index in [-0.39, 0.29) is 11.4 Å². The highest BCUT2D eigenvalue weighted by Crippen LogP contribution is 2.37. The molecular weight excluding hydrogens is 336 g/mol. The van der Waals surface area contributed by atoms with Crippen molar-refractivity contribution in [1.82, 2.24) is 4.90 Å². The van der Waals surface area contributed by atoms with Crippen molar-refractivity contribution in [1.29, 1.82) is 0 Å². The molecule has 140 valence electrons. The van der Waals surface area contributed by atoms with Gasteiger partial charge in [-0.15, -0.1) is 0 Å². The zero-order valence-electron chi connectivity index (χ0n) is 15.2. The highest BCUT2D eigenvalue weighted by molar-refractivity contribution is 6.08. The van der Waals surface area contributed by atoms with Crippen molar-refractivity contribution < 1.29 is 29.1 Å². The summed E-state index contributed by atoms with van der Waals surface area (Å²) < 4.78 is 10.5. The Morgan fingerprint density at radius 3 is 2.54 bits per heavy atom. The van der Waals surface area contributed by atoms with Crippen LogP contribution in [0.2, 0.25) is 0 Å². The van der Waals surface area contributed by atoms with Gasteiger partial charge in [-0.05, 0) is 24.6 Å². The van der Waals surface area contributed by atoms with Crippen LogP contribution in [-0.4, -0.2) is 68.2 Å². The van der Waals surface area contributed by atoms with E-state index in [1.54, 1.807) is 24.1 Å². The molecule has 7 nitrogen and oxygen atoms in total. The van der Waals surface area contributed by atoms with Gasteiger partial charge in [-0.1, -0.05) is 12.1 Å². The number of carbonyl (C=O) groups excluding carboxylic acids is 2. The molecule has 0 unspecified atom stereocenters. The fraction of sp³-hybridized carbons (Fsp3) is 0.474. The van der Waals surface area contributed by atoms with Gasteiger partial charge in [-0.2, -0.15) is 0 Å². The highest BCUT2D eigenvalue weighted by Gasteiger charge is 2.42. The molecule has 2 N–H and O–H groups in total. The summed E-state index contributed by atoms with van der Waals surface area (Å²) in [5.74, 6) is -0.517. The summed E-state index contributed by atoms with van der Waals surface area (Å²) in [6.07, 6.45) is 0. The quantitative estimate of drug-likeness (QED) is 0.739. The van der Waals surface area contributed by atoms with Crippen LogP contribution < -0.4 is 9.64 Å². The lowest BCUT2D eigenvalue weighted by molar-refractivity contribution is -0.907. The van der Waals surface area contributed by atoms with E-state index in [1.165, 1.54) is 11.8 Å². The molecule has 0 spiro atoms. The predicted molar refractivity (Wildman–Crippen MR) is 94.2 cm³/mol. The van der Waals surface area contributed by atoms with Gasteiger partial charge in [0, 0.05) is 0 Å². The Hall–Kier alpha value is -2.38. The zero-order chi connectivity index (χ0) is 18.7. The molecule has 0 aliphatic carbocycles. The van der Waals surface area contributed by atoms with Gasteiger partial charge >= 0.3 is 0 Å². The summed E-state index contributed by atoms with van der Waals surface area (Å²) in [6, 6.07) is 6.67. The average Bonchev–Trinajstić information content (AvgIpc) is 2.92. The number of hydrogen-bond acceptors (Lipinski definition) is 5. The van der Waals surface area contributed by atoms with E-state index in [0.717, 1.165) is 25.2 Å². The van der Waals surface area contributed by atoms with Crippen molar-refractivity contribution in [3.8, 4) is 5.75 Å². The molecule has 0 radical (unpaired) electrons. The number of rotatable bonds is 6. The van der Waals surface area contributed by atoms with E-state index in [0.29, 0.717) is 25.5 Å². The third-order valence-corrected chi connectivity index (χ3v) is 5.02. The van der Waals surface area contributed by atoms with Crippen molar-refractivity contribution in [2.45, 2.75) is 13.0 Å². The van der Waals surface area contributed by atoms with Gasteiger partial charge in [0.1, 0.15) is 18.8 Å². The number of nitrogens with zero attached hydrogens (tertiary/aromatic N) is 1. The summed E-state index contributed by atoms with van der Waals surface area (Å²) in [4.78, 5) is 27.7. The van der Waals surface area contributed by atoms with Gasteiger partial charge in [-0.25, -0.2) is 0 Å². The van der Waals surface area contributed by atoms with Gasteiger partial charge < -0.3 is 24.4 Å². The lowest BCUT2D eigenvalue weighted by Gasteiger charge is -2.30. The molecule has 0 aromatic heterocycles. The largest absolute Gasteiger partial charge is 0.503 e. The molecule has 2 heterocycles. The van der Waals surface area contributed by atoms with Gasteiger partial charge in [-0.3, -0.25) is 9.59 Å². The minimum Gasteiger partial charge on any atom is -0.503 e. The Morgan fingerprint density at radius 2 is 1.96 bits per heavy atom. The average molecular weight is 361 g/mol. The molecule has 7 heteroatoms. The van der Waals surface area contributed by atoms with E-state index in [2.05, 4.69) is 0 Å². The van der Waals surface area contributed by atoms with Crippen molar-refractivity contribution in [3.63, 3.8) is 0 Å². The van der Waals surface area contributed by atoms with Gasteiger partial charge in [0.15, 0.2) is 11.5 Å². The first-order chi connectivity index (χ1) is 12.5.